The molecule has 2 nitrogen and oxygen atoms in total. The Hall–Kier alpha value is -1.80. The molecule has 19 heavy (non-hydrogen) atoms. The number of hydrogen-bond donors (Lipinski definition) is 1. The molecule has 0 amide bonds. The van der Waals surface area contributed by atoms with Crippen LogP contribution in [0.1, 0.15) is 29.2 Å². The summed E-state index contributed by atoms with van der Waals surface area (Å²) >= 11 is 0. The van der Waals surface area contributed by atoms with Gasteiger partial charge in [0.15, 0.2) is 0 Å². The van der Waals surface area contributed by atoms with Gasteiger partial charge >= 0.3 is 0 Å². The number of aryl methyl sites for hydroxylation is 2. The smallest absolute Gasteiger partial charge is 0.125 e. The van der Waals surface area contributed by atoms with E-state index in [4.69, 9.17) is 10.5 Å². The Morgan fingerprint density at radius 3 is 2.21 bits per heavy atom. The first kappa shape index (κ1) is 13.6. The molecule has 2 aromatic rings. The molecule has 0 aliphatic heterocycles. The zero-order valence-electron chi connectivity index (χ0n) is 11.6. The number of hydrogen-bond acceptors (Lipinski definition) is 2. The third kappa shape index (κ3) is 3.83. The number of nitrogens with two attached hydrogens (primary N) is 1. The first-order valence-electron chi connectivity index (χ1n) is 6.69. The van der Waals surface area contributed by atoms with Gasteiger partial charge in [0.05, 0.1) is 0 Å². The Labute approximate surface area is 115 Å². The molecule has 2 heteroatoms. The second-order valence-corrected chi connectivity index (χ2v) is 4.92. The molecule has 1 atom stereocenters. The van der Waals surface area contributed by atoms with Gasteiger partial charge in [-0.1, -0.05) is 36.4 Å². The van der Waals surface area contributed by atoms with Crippen LogP contribution >= 0.6 is 0 Å². The maximum atomic E-state index is 6.12. The second-order valence-electron chi connectivity index (χ2n) is 4.92. The van der Waals surface area contributed by atoms with E-state index < -0.39 is 0 Å². The van der Waals surface area contributed by atoms with Crippen LogP contribution in [0, 0.1) is 13.8 Å². The van der Waals surface area contributed by atoms with Gasteiger partial charge < -0.3 is 10.5 Å². The third-order valence-corrected chi connectivity index (χ3v) is 3.07. The summed E-state index contributed by atoms with van der Waals surface area (Å²) in [6.07, 6.45) is 0.837. The maximum Gasteiger partial charge on any atom is 0.125 e. The Morgan fingerprint density at radius 2 is 1.63 bits per heavy atom. The SMILES string of the molecule is Cc1cc(C)cc(OC(CCN)c2ccccc2)c1. The number of ether oxygens (including phenoxy) is 1. The Morgan fingerprint density at radius 1 is 1.00 bits per heavy atom. The minimum atomic E-state index is 0.0207. The zero-order valence-corrected chi connectivity index (χ0v) is 11.6. The second kappa shape index (κ2) is 6.39. The highest BCUT2D eigenvalue weighted by Gasteiger charge is 2.12. The van der Waals surface area contributed by atoms with Crippen molar-refractivity contribution in [3.05, 3.63) is 65.2 Å². The van der Waals surface area contributed by atoms with Gasteiger partial charge in [-0.25, -0.2) is 0 Å². The molecule has 0 fully saturated rings. The topological polar surface area (TPSA) is 35.2 Å². The molecule has 0 bridgehead atoms. The average Bonchev–Trinajstić information content (AvgIpc) is 2.38. The summed E-state index contributed by atoms with van der Waals surface area (Å²) in [5.74, 6) is 0.916. The molecule has 0 aromatic heterocycles. The zero-order chi connectivity index (χ0) is 13.7. The van der Waals surface area contributed by atoms with Crippen LogP contribution in [0.2, 0.25) is 0 Å². The largest absolute Gasteiger partial charge is 0.486 e. The van der Waals surface area contributed by atoms with Crippen LogP contribution in [-0.2, 0) is 0 Å². The highest BCUT2D eigenvalue weighted by atomic mass is 16.5. The van der Waals surface area contributed by atoms with E-state index in [2.05, 4.69) is 44.2 Å². The lowest BCUT2D eigenvalue weighted by molar-refractivity contribution is 0.197. The van der Waals surface area contributed by atoms with E-state index in [0.717, 1.165) is 12.2 Å². The van der Waals surface area contributed by atoms with Gasteiger partial charge in [-0.05, 0) is 49.2 Å². The van der Waals surface area contributed by atoms with Gasteiger partial charge in [-0.2, -0.15) is 0 Å². The molecule has 2 aromatic carbocycles. The molecule has 0 radical (unpaired) electrons. The van der Waals surface area contributed by atoms with Crippen molar-refractivity contribution in [2.45, 2.75) is 26.4 Å². The van der Waals surface area contributed by atoms with E-state index >= 15 is 0 Å². The first-order valence-corrected chi connectivity index (χ1v) is 6.69. The lowest BCUT2D eigenvalue weighted by Crippen LogP contribution is -2.13. The molecular weight excluding hydrogens is 234 g/mol. The van der Waals surface area contributed by atoms with Crippen LogP contribution in [0.3, 0.4) is 0 Å². The molecule has 1 unspecified atom stereocenters. The average molecular weight is 255 g/mol. The van der Waals surface area contributed by atoms with Crippen molar-refractivity contribution in [3.8, 4) is 5.75 Å². The quantitative estimate of drug-likeness (QED) is 0.882. The lowest BCUT2D eigenvalue weighted by atomic mass is 10.1. The van der Waals surface area contributed by atoms with Crippen LogP contribution in [0.25, 0.3) is 0 Å². The molecular formula is C17H21NO. The van der Waals surface area contributed by atoms with Crippen LogP contribution < -0.4 is 10.5 Å². The fourth-order valence-electron chi connectivity index (χ4n) is 2.28. The van der Waals surface area contributed by atoms with Crippen molar-refractivity contribution in [2.24, 2.45) is 5.73 Å². The summed E-state index contributed by atoms with van der Waals surface area (Å²) in [5.41, 5.74) is 9.31. The van der Waals surface area contributed by atoms with Crippen molar-refractivity contribution in [3.63, 3.8) is 0 Å². The van der Waals surface area contributed by atoms with Gasteiger partial charge in [-0.3, -0.25) is 0 Å². The predicted molar refractivity (Wildman–Crippen MR) is 79.4 cm³/mol. The Balaban J connectivity index is 2.21. The fraction of sp³-hybridized carbons (Fsp3) is 0.294. The molecule has 0 heterocycles. The van der Waals surface area contributed by atoms with Crippen LogP contribution in [0.15, 0.2) is 48.5 Å². The summed E-state index contributed by atoms with van der Waals surface area (Å²) in [7, 11) is 0. The maximum absolute atomic E-state index is 6.12. The van der Waals surface area contributed by atoms with E-state index in [9.17, 15) is 0 Å². The third-order valence-electron chi connectivity index (χ3n) is 3.07. The summed E-state index contributed by atoms with van der Waals surface area (Å²) in [6, 6.07) is 16.5. The van der Waals surface area contributed by atoms with E-state index in [-0.39, 0.29) is 6.10 Å². The van der Waals surface area contributed by atoms with Gasteiger partial charge in [0, 0.05) is 6.42 Å². The predicted octanol–water partition coefficient (Wildman–Crippen LogP) is 3.77. The Bertz CT molecular complexity index is 502. The van der Waals surface area contributed by atoms with Crippen LogP contribution in [-0.4, -0.2) is 6.54 Å². The van der Waals surface area contributed by atoms with Gasteiger partial charge in [0.25, 0.3) is 0 Å². The number of benzene rings is 2. The first-order chi connectivity index (χ1) is 9.19. The molecule has 100 valence electrons. The van der Waals surface area contributed by atoms with Crippen molar-refractivity contribution in [1.29, 1.82) is 0 Å². The minimum Gasteiger partial charge on any atom is -0.486 e. The highest BCUT2D eigenvalue weighted by Crippen LogP contribution is 2.26. The Kier molecular flexibility index (Phi) is 4.58. The molecule has 2 rings (SSSR count). The molecule has 0 aliphatic carbocycles. The van der Waals surface area contributed by atoms with Crippen molar-refractivity contribution >= 4 is 0 Å². The van der Waals surface area contributed by atoms with Crippen molar-refractivity contribution in [2.75, 3.05) is 6.54 Å². The standard InChI is InChI=1S/C17H21NO/c1-13-10-14(2)12-16(11-13)19-17(8-9-18)15-6-4-3-5-7-15/h3-7,10-12,17H,8-9,18H2,1-2H3. The van der Waals surface area contributed by atoms with Crippen LogP contribution in [0.5, 0.6) is 5.75 Å². The summed E-state index contributed by atoms with van der Waals surface area (Å²) in [6.45, 7) is 4.78. The summed E-state index contributed by atoms with van der Waals surface area (Å²) < 4.78 is 6.12. The summed E-state index contributed by atoms with van der Waals surface area (Å²) in [5, 5.41) is 0. The van der Waals surface area contributed by atoms with Crippen molar-refractivity contribution < 1.29 is 4.74 Å². The van der Waals surface area contributed by atoms with Crippen molar-refractivity contribution in [1.82, 2.24) is 0 Å². The van der Waals surface area contributed by atoms with E-state index in [1.54, 1.807) is 0 Å². The molecule has 0 spiro atoms. The fourth-order valence-corrected chi connectivity index (χ4v) is 2.28. The highest BCUT2D eigenvalue weighted by molar-refractivity contribution is 5.33. The van der Waals surface area contributed by atoms with E-state index in [1.165, 1.54) is 16.7 Å². The van der Waals surface area contributed by atoms with Crippen LogP contribution in [0.4, 0.5) is 0 Å². The molecule has 2 N–H and O–H groups in total. The van der Waals surface area contributed by atoms with Gasteiger partial charge in [0.2, 0.25) is 0 Å². The minimum absolute atomic E-state index is 0.0207. The molecule has 0 saturated carbocycles. The summed E-state index contributed by atoms with van der Waals surface area (Å²) in [4.78, 5) is 0. The van der Waals surface area contributed by atoms with Gasteiger partial charge in [0.1, 0.15) is 11.9 Å². The van der Waals surface area contributed by atoms with Gasteiger partial charge in [-0.15, -0.1) is 0 Å². The lowest BCUT2D eigenvalue weighted by Gasteiger charge is -2.19. The van der Waals surface area contributed by atoms with E-state index in [0.29, 0.717) is 6.54 Å². The van der Waals surface area contributed by atoms with E-state index in [1.807, 2.05) is 18.2 Å². The normalized spacial score (nSPS) is 12.2. The monoisotopic (exact) mass is 255 g/mol. The molecule has 0 aliphatic rings. The number of rotatable bonds is 5. The molecule has 0 saturated heterocycles.